The number of nitrogens with zero attached hydrogens (tertiary/aromatic N) is 1. The van der Waals surface area contributed by atoms with Crippen molar-refractivity contribution >= 4 is 23.1 Å². The fourth-order valence-electron chi connectivity index (χ4n) is 3.88. The summed E-state index contributed by atoms with van der Waals surface area (Å²) < 4.78 is 5.80. The molecular formula is C20H24N2O2S. The Morgan fingerprint density at radius 1 is 1.20 bits per heavy atom. The van der Waals surface area contributed by atoms with Gasteiger partial charge in [0, 0.05) is 11.4 Å². The number of ether oxygens (including phenoxy) is 1. The van der Waals surface area contributed by atoms with Gasteiger partial charge >= 0.3 is 6.09 Å². The molecule has 0 aliphatic carbocycles. The largest absolute Gasteiger partial charge is 0.444 e. The highest BCUT2D eigenvalue weighted by atomic mass is 32.1. The molecule has 1 aromatic heterocycles. The lowest BCUT2D eigenvalue weighted by molar-refractivity contribution is -0.0289. The van der Waals surface area contributed by atoms with Crippen molar-refractivity contribution in [2.75, 3.05) is 25.0 Å². The fourth-order valence-corrected chi connectivity index (χ4v) is 5.01. The van der Waals surface area contributed by atoms with Gasteiger partial charge in [-0.1, -0.05) is 30.3 Å². The Balaban J connectivity index is 1.51. The summed E-state index contributed by atoms with van der Waals surface area (Å²) in [6, 6.07) is 10.2. The second-order valence-corrected chi connectivity index (χ2v) is 8.28. The van der Waals surface area contributed by atoms with Crippen molar-refractivity contribution in [1.29, 1.82) is 0 Å². The van der Waals surface area contributed by atoms with Crippen molar-refractivity contribution in [2.45, 2.75) is 32.8 Å². The van der Waals surface area contributed by atoms with Crippen LogP contribution in [0.4, 0.5) is 10.5 Å². The maximum absolute atomic E-state index is 12.6. The predicted molar refractivity (Wildman–Crippen MR) is 102 cm³/mol. The van der Waals surface area contributed by atoms with Crippen molar-refractivity contribution in [1.82, 2.24) is 4.90 Å². The molecule has 4 nitrogen and oxygen atoms in total. The van der Waals surface area contributed by atoms with Crippen LogP contribution < -0.4 is 5.32 Å². The topological polar surface area (TPSA) is 41.6 Å². The van der Waals surface area contributed by atoms with Crippen molar-refractivity contribution in [3.63, 3.8) is 0 Å². The third-order valence-corrected chi connectivity index (χ3v) is 6.76. The zero-order chi connectivity index (χ0) is 17.4. The molecule has 1 N–H and O–H groups in total. The first-order valence-electron chi connectivity index (χ1n) is 8.97. The number of amides is 1. The number of carbonyl (C=O) groups excluding carboxylic acids is 1. The lowest BCUT2D eigenvalue weighted by atomic mass is 9.86. The van der Waals surface area contributed by atoms with Crippen molar-refractivity contribution in [3.05, 3.63) is 40.8 Å². The van der Waals surface area contributed by atoms with Gasteiger partial charge in [-0.3, -0.25) is 10.2 Å². The van der Waals surface area contributed by atoms with Crippen LogP contribution in [-0.2, 0) is 4.74 Å². The van der Waals surface area contributed by atoms with Gasteiger partial charge in [-0.15, -0.1) is 11.3 Å². The van der Waals surface area contributed by atoms with Crippen LogP contribution in [0.3, 0.4) is 0 Å². The minimum Gasteiger partial charge on any atom is -0.444 e. The molecule has 3 aliphatic heterocycles. The van der Waals surface area contributed by atoms with E-state index in [2.05, 4.69) is 36.2 Å². The quantitative estimate of drug-likeness (QED) is 0.868. The molecule has 2 aromatic rings. The number of rotatable bonds is 3. The van der Waals surface area contributed by atoms with Gasteiger partial charge in [-0.05, 0) is 56.8 Å². The van der Waals surface area contributed by atoms with E-state index in [4.69, 9.17) is 4.74 Å². The number of anilines is 1. The normalized spacial score (nSPS) is 25.0. The number of hydrogen-bond donors (Lipinski definition) is 1. The van der Waals surface area contributed by atoms with E-state index in [1.807, 2.05) is 18.2 Å². The zero-order valence-electron chi connectivity index (χ0n) is 14.7. The van der Waals surface area contributed by atoms with Crippen LogP contribution in [0.25, 0.3) is 10.4 Å². The summed E-state index contributed by atoms with van der Waals surface area (Å²) in [6.45, 7) is 7.32. The van der Waals surface area contributed by atoms with Gasteiger partial charge in [0.2, 0.25) is 0 Å². The van der Waals surface area contributed by atoms with E-state index >= 15 is 0 Å². The van der Waals surface area contributed by atoms with Gasteiger partial charge in [0.05, 0.1) is 10.6 Å². The minimum absolute atomic E-state index is 0.0303. The number of benzene rings is 1. The van der Waals surface area contributed by atoms with Gasteiger partial charge in [-0.2, -0.15) is 0 Å². The Morgan fingerprint density at radius 3 is 2.56 bits per heavy atom. The number of thiophene rings is 1. The summed E-state index contributed by atoms with van der Waals surface area (Å²) in [5.41, 5.74) is 3.14. The van der Waals surface area contributed by atoms with Crippen LogP contribution in [0.15, 0.2) is 30.3 Å². The SMILES string of the molecule is Cc1sc(-c2ccccc2)c(NC(=O)O[C@H]2CN3CCC2CC3)c1C. The molecule has 25 heavy (non-hydrogen) atoms. The summed E-state index contributed by atoms with van der Waals surface area (Å²) in [5.74, 6) is 0.523. The number of hydrogen-bond acceptors (Lipinski definition) is 4. The number of aryl methyl sites for hydroxylation is 1. The highest BCUT2D eigenvalue weighted by Crippen LogP contribution is 2.40. The van der Waals surface area contributed by atoms with E-state index in [0.717, 1.165) is 54.2 Å². The first kappa shape index (κ1) is 16.6. The van der Waals surface area contributed by atoms with Gasteiger partial charge in [-0.25, -0.2) is 4.79 Å². The smallest absolute Gasteiger partial charge is 0.412 e. The van der Waals surface area contributed by atoms with Gasteiger partial charge < -0.3 is 4.74 Å². The number of nitrogens with one attached hydrogen (secondary N) is 1. The summed E-state index contributed by atoms with van der Waals surface area (Å²) in [7, 11) is 0. The Labute approximate surface area is 152 Å². The fraction of sp³-hybridized carbons (Fsp3) is 0.450. The summed E-state index contributed by atoms with van der Waals surface area (Å²) >= 11 is 1.72. The average Bonchev–Trinajstić information content (AvgIpc) is 2.92. The number of piperidine rings is 3. The van der Waals surface area contributed by atoms with Crippen LogP contribution in [0, 0.1) is 19.8 Å². The van der Waals surface area contributed by atoms with E-state index in [1.54, 1.807) is 11.3 Å². The Kier molecular flexibility index (Phi) is 4.52. The molecule has 132 valence electrons. The maximum Gasteiger partial charge on any atom is 0.412 e. The van der Waals surface area contributed by atoms with Crippen molar-refractivity contribution in [3.8, 4) is 10.4 Å². The Hall–Kier alpha value is -1.85. The monoisotopic (exact) mass is 356 g/mol. The molecule has 0 saturated carbocycles. The van der Waals surface area contributed by atoms with E-state index in [1.165, 1.54) is 4.88 Å². The summed E-state index contributed by atoms with van der Waals surface area (Å²) in [4.78, 5) is 17.3. The molecule has 1 atom stereocenters. The molecule has 3 aliphatic rings. The molecule has 0 unspecified atom stereocenters. The molecule has 0 spiro atoms. The summed E-state index contributed by atoms with van der Waals surface area (Å²) in [5, 5.41) is 3.04. The zero-order valence-corrected chi connectivity index (χ0v) is 15.6. The summed E-state index contributed by atoms with van der Waals surface area (Å²) in [6.07, 6.45) is 1.99. The van der Waals surface area contributed by atoms with Crippen LogP contribution in [0.5, 0.6) is 0 Å². The maximum atomic E-state index is 12.6. The Morgan fingerprint density at radius 2 is 1.92 bits per heavy atom. The molecular weight excluding hydrogens is 332 g/mol. The standard InChI is InChI=1S/C20H24N2O2S/c1-13-14(2)25-19(16-6-4-3-5-7-16)18(13)21-20(23)24-17-12-22-10-8-15(17)9-11-22/h3-7,15,17H,8-12H2,1-2H3,(H,21,23)/t17-/m0/s1. The van der Waals surface area contributed by atoms with E-state index in [0.29, 0.717) is 5.92 Å². The Bertz CT molecular complexity index is 764. The minimum atomic E-state index is -0.322. The van der Waals surface area contributed by atoms with Gasteiger partial charge in [0.25, 0.3) is 0 Å². The molecule has 1 amide bonds. The molecule has 0 radical (unpaired) electrons. The van der Waals surface area contributed by atoms with Crippen LogP contribution in [0.1, 0.15) is 23.3 Å². The van der Waals surface area contributed by atoms with E-state index in [-0.39, 0.29) is 12.2 Å². The molecule has 4 heterocycles. The highest BCUT2D eigenvalue weighted by molar-refractivity contribution is 7.16. The first-order valence-corrected chi connectivity index (χ1v) is 9.79. The number of fused-ring (bicyclic) bond motifs is 3. The molecule has 3 saturated heterocycles. The molecule has 5 rings (SSSR count). The van der Waals surface area contributed by atoms with Gasteiger partial charge in [0.15, 0.2) is 0 Å². The van der Waals surface area contributed by atoms with Crippen molar-refractivity contribution < 1.29 is 9.53 Å². The highest BCUT2D eigenvalue weighted by Gasteiger charge is 2.36. The predicted octanol–water partition coefficient (Wildman–Crippen LogP) is 4.67. The lowest BCUT2D eigenvalue weighted by Gasteiger charge is -2.43. The molecule has 3 fully saturated rings. The second kappa shape index (κ2) is 6.81. The molecule has 2 bridgehead atoms. The van der Waals surface area contributed by atoms with Crippen LogP contribution in [-0.4, -0.2) is 36.7 Å². The third-order valence-electron chi connectivity index (χ3n) is 5.50. The van der Waals surface area contributed by atoms with Crippen LogP contribution >= 0.6 is 11.3 Å². The third kappa shape index (κ3) is 3.31. The molecule has 1 aromatic carbocycles. The van der Waals surface area contributed by atoms with Gasteiger partial charge in [0.1, 0.15) is 6.10 Å². The number of carbonyl (C=O) groups is 1. The van der Waals surface area contributed by atoms with E-state index < -0.39 is 0 Å². The lowest BCUT2D eigenvalue weighted by Crippen LogP contribution is -2.52. The second-order valence-electron chi connectivity index (χ2n) is 7.06. The van der Waals surface area contributed by atoms with E-state index in [9.17, 15) is 4.79 Å². The van der Waals surface area contributed by atoms with Crippen LogP contribution in [0.2, 0.25) is 0 Å². The average molecular weight is 356 g/mol. The van der Waals surface area contributed by atoms with Crippen molar-refractivity contribution in [2.24, 2.45) is 5.92 Å². The molecule has 5 heteroatoms. The first-order chi connectivity index (χ1) is 12.1.